The molecule has 0 radical (unpaired) electrons. The van der Waals surface area contributed by atoms with Crippen LogP contribution in [-0.4, -0.2) is 12.4 Å². The molecule has 52 valence electrons. The van der Waals surface area contributed by atoms with Crippen LogP contribution in [0.1, 0.15) is 12.8 Å². The van der Waals surface area contributed by atoms with Crippen LogP contribution in [0.15, 0.2) is 23.9 Å². The lowest BCUT2D eigenvalue weighted by atomic mass is 9.97. The Morgan fingerprint density at radius 3 is 3.50 bits per heavy atom. The summed E-state index contributed by atoms with van der Waals surface area (Å²) in [6.45, 7) is 0. The van der Waals surface area contributed by atoms with E-state index in [-0.39, 0.29) is 0 Å². The van der Waals surface area contributed by atoms with Gasteiger partial charge in [0.15, 0.2) is 0 Å². The fraction of sp³-hybridized carbons (Fsp3) is 0.375. The van der Waals surface area contributed by atoms with E-state index >= 15 is 0 Å². The van der Waals surface area contributed by atoms with E-state index in [1.807, 2.05) is 6.34 Å². The number of nitrogens with one attached hydrogen (secondary N) is 2. The molecule has 2 nitrogen and oxygen atoms in total. The Bertz CT molecular complexity index is 213. The molecule has 1 heterocycles. The summed E-state index contributed by atoms with van der Waals surface area (Å²) in [7, 11) is 0. The predicted octanol–water partition coefficient (Wildman–Crippen LogP) is -0.699. The van der Waals surface area contributed by atoms with Crippen LogP contribution >= 0.6 is 0 Å². The van der Waals surface area contributed by atoms with Gasteiger partial charge < -0.3 is 0 Å². The third kappa shape index (κ3) is 0.856. The summed E-state index contributed by atoms with van der Waals surface area (Å²) >= 11 is 0. The maximum absolute atomic E-state index is 3.23. The zero-order valence-corrected chi connectivity index (χ0v) is 5.80. The molecule has 0 fully saturated rings. The van der Waals surface area contributed by atoms with Gasteiger partial charge in [-0.05, 0) is 18.9 Å². The van der Waals surface area contributed by atoms with E-state index in [1.165, 1.54) is 18.4 Å². The Morgan fingerprint density at radius 2 is 2.60 bits per heavy atom. The monoisotopic (exact) mass is 135 g/mol. The summed E-state index contributed by atoms with van der Waals surface area (Å²) in [5, 5.41) is 3.05. The number of fused-ring (bicyclic) bond motifs is 1. The number of hydrogen-bond donors (Lipinski definition) is 2. The van der Waals surface area contributed by atoms with Crippen molar-refractivity contribution in [1.29, 1.82) is 0 Å². The maximum Gasteiger partial charge on any atom is 0.235 e. The summed E-state index contributed by atoms with van der Waals surface area (Å²) in [6.07, 6.45) is 10.8. The molecule has 0 aromatic rings. The highest BCUT2D eigenvalue weighted by Gasteiger charge is 2.17. The van der Waals surface area contributed by atoms with Crippen molar-refractivity contribution in [3.05, 3.63) is 23.9 Å². The maximum atomic E-state index is 3.23. The van der Waals surface area contributed by atoms with Gasteiger partial charge in [-0.15, -0.1) is 0 Å². The van der Waals surface area contributed by atoms with Crippen LogP contribution in [0.25, 0.3) is 0 Å². The number of rotatable bonds is 0. The molecule has 1 aliphatic carbocycles. The summed E-state index contributed by atoms with van der Waals surface area (Å²) < 4.78 is 0. The predicted molar refractivity (Wildman–Crippen MR) is 40.4 cm³/mol. The molecule has 0 saturated heterocycles. The minimum absolute atomic E-state index is 0.468. The molecule has 0 aromatic heterocycles. The molecule has 1 atom stereocenters. The first-order valence-corrected chi connectivity index (χ1v) is 3.66. The van der Waals surface area contributed by atoms with Crippen molar-refractivity contribution in [2.24, 2.45) is 0 Å². The van der Waals surface area contributed by atoms with Crippen molar-refractivity contribution in [3.8, 4) is 0 Å². The van der Waals surface area contributed by atoms with Gasteiger partial charge in [0.25, 0.3) is 0 Å². The van der Waals surface area contributed by atoms with Gasteiger partial charge in [-0.3, -0.25) is 10.3 Å². The van der Waals surface area contributed by atoms with Gasteiger partial charge in [0.2, 0.25) is 6.34 Å². The second kappa shape index (κ2) is 2.29. The molecule has 1 unspecified atom stereocenters. The minimum atomic E-state index is 0.468. The van der Waals surface area contributed by atoms with Crippen molar-refractivity contribution in [3.63, 3.8) is 0 Å². The van der Waals surface area contributed by atoms with Crippen molar-refractivity contribution in [2.75, 3.05) is 0 Å². The SMILES string of the molecule is C1=CC2[NH+]=CNC=C2CC1. The number of allylic oxidation sites excluding steroid dienone is 1. The largest absolute Gasteiger partial charge is 0.270 e. The molecule has 2 rings (SSSR count). The van der Waals surface area contributed by atoms with Crippen molar-refractivity contribution >= 4 is 6.34 Å². The van der Waals surface area contributed by atoms with E-state index in [1.54, 1.807) is 0 Å². The van der Waals surface area contributed by atoms with E-state index in [2.05, 4.69) is 28.7 Å². The topological polar surface area (TPSA) is 26.0 Å². The molecular formula is C8H11N2+. The van der Waals surface area contributed by atoms with Gasteiger partial charge in [-0.1, -0.05) is 6.08 Å². The molecule has 0 spiro atoms. The molecule has 2 aliphatic rings. The van der Waals surface area contributed by atoms with Crippen LogP contribution < -0.4 is 10.3 Å². The zero-order chi connectivity index (χ0) is 6.81. The second-order valence-electron chi connectivity index (χ2n) is 2.64. The van der Waals surface area contributed by atoms with E-state index in [0.717, 1.165) is 0 Å². The summed E-state index contributed by atoms with van der Waals surface area (Å²) in [5.74, 6) is 0. The first kappa shape index (κ1) is 5.71. The Balaban J connectivity index is 2.26. The van der Waals surface area contributed by atoms with Gasteiger partial charge >= 0.3 is 0 Å². The third-order valence-electron chi connectivity index (χ3n) is 1.94. The molecule has 0 aromatic carbocycles. The molecule has 0 bridgehead atoms. The van der Waals surface area contributed by atoms with Gasteiger partial charge in [0.1, 0.15) is 6.04 Å². The van der Waals surface area contributed by atoms with Crippen LogP contribution in [-0.2, 0) is 0 Å². The standard InChI is InChI=1S/C8H10N2/c1-2-4-8-7(3-1)5-9-6-10-8/h2,4-6,8H,1,3H2,(H,9,10)/p+1. The lowest BCUT2D eigenvalue weighted by molar-refractivity contribution is -0.477. The first-order chi connectivity index (χ1) is 4.97. The van der Waals surface area contributed by atoms with E-state index in [9.17, 15) is 0 Å². The van der Waals surface area contributed by atoms with Gasteiger partial charge in [-0.2, -0.15) is 0 Å². The van der Waals surface area contributed by atoms with Crippen LogP contribution in [0.3, 0.4) is 0 Å². The van der Waals surface area contributed by atoms with Crippen LogP contribution in [0.5, 0.6) is 0 Å². The fourth-order valence-corrected chi connectivity index (χ4v) is 1.37. The normalized spacial score (nSPS) is 28.8. The van der Waals surface area contributed by atoms with E-state index < -0.39 is 0 Å². The number of hydrogen-bond acceptors (Lipinski definition) is 1. The lowest BCUT2D eigenvalue weighted by Gasteiger charge is -2.15. The lowest BCUT2D eigenvalue weighted by Crippen LogP contribution is -2.79. The Hall–Kier alpha value is -1.05. The highest BCUT2D eigenvalue weighted by molar-refractivity contribution is 5.51. The molecular weight excluding hydrogens is 124 g/mol. The molecule has 0 saturated carbocycles. The van der Waals surface area contributed by atoms with Gasteiger partial charge in [0.05, 0.1) is 6.20 Å². The summed E-state index contributed by atoms with van der Waals surface area (Å²) in [4.78, 5) is 3.23. The van der Waals surface area contributed by atoms with Crippen molar-refractivity contribution in [2.45, 2.75) is 18.9 Å². The highest BCUT2D eigenvalue weighted by Crippen LogP contribution is 2.14. The van der Waals surface area contributed by atoms with E-state index in [4.69, 9.17) is 0 Å². The zero-order valence-electron chi connectivity index (χ0n) is 5.80. The van der Waals surface area contributed by atoms with Crippen LogP contribution in [0.2, 0.25) is 0 Å². The van der Waals surface area contributed by atoms with Crippen LogP contribution in [0.4, 0.5) is 0 Å². The molecule has 10 heavy (non-hydrogen) atoms. The fourth-order valence-electron chi connectivity index (χ4n) is 1.37. The smallest absolute Gasteiger partial charge is 0.235 e. The van der Waals surface area contributed by atoms with Crippen molar-refractivity contribution in [1.82, 2.24) is 5.32 Å². The van der Waals surface area contributed by atoms with Crippen LogP contribution in [0, 0.1) is 0 Å². The first-order valence-electron chi connectivity index (χ1n) is 3.66. The molecule has 2 N–H and O–H groups in total. The Kier molecular flexibility index (Phi) is 1.31. The third-order valence-corrected chi connectivity index (χ3v) is 1.94. The van der Waals surface area contributed by atoms with E-state index in [0.29, 0.717) is 6.04 Å². The Morgan fingerprint density at radius 1 is 1.60 bits per heavy atom. The molecule has 2 heteroatoms. The average molecular weight is 135 g/mol. The van der Waals surface area contributed by atoms with Gasteiger partial charge in [0, 0.05) is 5.57 Å². The minimum Gasteiger partial charge on any atom is -0.270 e. The average Bonchev–Trinajstić information content (AvgIpc) is 2.05. The summed E-state index contributed by atoms with van der Waals surface area (Å²) in [5.41, 5.74) is 1.46. The van der Waals surface area contributed by atoms with Crippen molar-refractivity contribution < 1.29 is 4.99 Å². The Labute approximate surface area is 60.3 Å². The molecule has 0 amide bonds. The quantitative estimate of drug-likeness (QED) is 0.422. The highest BCUT2D eigenvalue weighted by atomic mass is 15.0. The van der Waals surface area contributed by atoms with Gasteiger partial charge in [-0.25, -0.2) is 0 Å². The molecule has 1 aliphatic heterocycles. The second-order valence-corrected chi connectivity index (χ2v) is 2.64. The summed E-state index contributed by atoms with van der Waals surface area (Å²) in [6, 6.07) is 0.468.